The van der Waals surface area contributed by atoms with Crippen molar-refractivity contribution in [3.63, 3.8) is 0 Å². The summed E-state index contributed by atoms with van der Waals surface area (Å²) < 4.78 is 0.308. The summed E-state index contributed by atoms with van der Waals surface area (Å²) >= 11 is 3.01. The van der Waals surface area contributed by atoms with E-state index in [-0.39, 0.29) is 11.3 Å². The Balaban J connectivity index is 2.99. The third-order valence-corrected chi connectivity index (χ3v) is 2.60. The molecule has 1 amide bonds. The smallest absolute Gasteiger partial charge is 0.328 e. The Morgan fingerprint density at radius 3 is 2.53 bits per heavy atom. The molecule has 0 aliphatic carbocycles. The summed E-state index contributed by atoms with van der Waals surface area (Å²) in [5, 5.41) is 30.1. The molecule has 0 aliphatic rings. The highest BCUT2D eigenvalue weighted by molar-refractivity contribution is 9.10. The number of non-ortho nitro benzene ring substituents is 1. The minimum atomic E-state index is -1.47. The lowest BCUT2D eigenvalue weighted by atomic mass is 10.1. The van der Waals surface area contributed by atoms with Crippen LogP contribution in [0.2, 0.25) is 0 Å². The van der Waals surface area contributed by atoms with E-state index >= 15 is 0 Å². The van der Waals surface area contributed by atoms with Gasteiger partial charge in [-0.1, -0.05) is 15.9 Å². The van der Waals surface area contributed by atoms with Crippen LogP contribution in [0.15, 0.2) is 22.7 Å². The van der Waals surface area contributed by atoms with Gasteiger partial charge in [0.25, 0.3) is 11.6 Å². The van der Waals surface area contributed by atoms with Crippen LogP contribution >= 0.6 is 15.9 Å². The van der Waals surface area contributed by atoms with Crippen molar-refractivity contribution in [3.05, 3.63) is 38.3 Å². The lowest BCUT2D eigenvalue weighted by Crippen LogP contribution is -2.43. The summed E-state index contributed by atoms with van der Waals surface area (Å²) in [6, 6.07) is 2.05. The van der Waals surface area contributed by atoms with Gasteiger partial charge in [-0.05, 0) is 6.07 Å². The molecule has 0 aliphatic heterocycles. The van der Waals surface area contributed by atoms with Crippen molar-refractivity contribution >= 4 is 33.5 Å². The Morgan fingerprint density at radius 2 is 2.05 bits per heavy atom. The average molecular weight is 333 g/mol. The van der Waals surface area contributed by atoms with Crippen LogP contribution in [0.3, 0.4) is 0 Å². The molecule has 0 aromatic heterocycles. The van der Waals surface area contributed by atoms with E-state index < -0.39 is 29.4 Å². The summed E-state index contributed by atoms with van der Waals surface area (Å²) in [7, 11) is 0. The molecule has 0 saturated carbocycles. The molecule has 0 radical (unpaired) electrons. The number of nitro benzene ring substituents is 1. The first kappa shape index (κ1) is 15.1. The van der Waals surface area contributed by atoms with Crippen molar-refractivity contribution in [1.82, 2.24) is 5.32 Å². The molecule has 1 atom stereocenters. The van der Waals surface area contributed by atoms with Crippen LogP contribution in [0.4, 0.5) is 5.69 Å². The molecular formula is C10H9BrN2O6. The minimum Gasteiger partial charge on any atom is -0.480 e. The maximum Gasteiger partial charge on any atom is 0.328 e. The van der Waals surface area contributed by atoms with Gasteiger partial charge >= 0.3 is 5.97 Å². The van der Waals surface area contributed by atoms with Crippen molar-refractivity contribution < 1.29 is 24.7 Å². The molecule has 9 heteroatoms. The molecular weight excluding hydrogens is 324 g/mol. The molecule has 0 spiro atoms. The quantitative estimate of drug-likeness (QED) is 0.532. The maximum atomic E-state index is 11.7. The zero-order valence-electron chi connectivity index (χ0n) is 9.37. The number of aliphatic carboxylic acids is 1. The molecule has 102 valence electrons. The summed E-state index contributed by atoms with van der Waals surface area (Å²) in [6.07, 6.45) is 0. The summed E-state index contributed by atoms with van der Waals surface area (Å²) in [5.41, 5.74) is -0.392. The fraction of sp³-hybridized carbons (Fsp3) is 0.200. The Bertz CT molecular complexity index is 533. The van der Waals surface area contributed by atoms with Gasteiger partial charge in [0.1, 0.15) is 0 Å². The molecule has 1 aromatic rings. The van der Waals surface area contributed by atoms with Gasteiger partial charge in [0.15, 0.2) is 6.04 Å². The van der Waals surface area contributed by atoms with Crippen molar-refractivity contribution in [2.45, 2.75) is 6.04 Å². The lowest BCUT2D eigenvalue weighted by molar-refractivity contribution is -0.385. The lowest BCUT2D eigenvalue weighted by Gasteiger charge is -2.11. The van der Waals surface area contributed by atoms with Gasteiger partial charge < -0.3 is 15.5 Å². The third-order valence-electron chi connectivity index (χ3n) is 2.14. The van der Waals surface area contributed by atoms with Crippen LogP contribution in [-0.2, 0) is 4.79 Å². The van der Waals surface area contributed by atoms with Crippen LogP contribution in [0, 0.1) is 10.1 Å². The Hall–Kier alpha value is -2.00. The van der Waals surface area contributed by atoms with Gasteiger partial charge in [0.05, 0.1) is 11.5 Å². The summed E-state index contributed by atoms with van der Waals surface area (Å²) in [5.74, 6) is -2.23. The molecule has 3 N–H and O–H groups in total. The zero-order valence-corrected chi connectivity index (χ0v) is 11.0. The molecule has 0 bridgehead atoms. The van der Waals surface area contributed by atoms with E-state index in [0.717, 1.165) is 6.07 Å². The maximum absolute atomic E-state index is 11.7. The number of carboxylic acids is 1. The predicted molar refractivity (Wildman–Crippen MR) is 66.8 cm³/mol. The second kappa shape index (κ2) is 6.25. The number of hydrogen-bond acceptors (Lipinski definition) is 5. The average Bonchev–Trinajstić information content (AvgIpc) is 2.34. The minimum absolute atomic E-state index is 0.0826. The number of carbonyl (C=O) groups excluding carboxylic acids is 1. The van der Waals surface area contributed by atoms with Crippen LogP contribution < -0.4 is 5.32 Å². The molecule has 0 saturated heterocycles. The number of carbonyl (C=O) groups is 2. The van der Waals surface area contributed by atoms with Crippen molar-refractivity contribution in [1.29, 1.82) is 0 Å². The largest absolute Gasteiger partial charge is 0.480 e. The molecule has 0 heterocycles. The topological polar surface area (TPSA) is 130 Å². The number of nitro groups is 1. The molecule has 0 fully saturated rings. The van der Waals surface area contributed by atoms with Crippen LogP contribution in [0.1, 0.15) is 10.4 Å². The number of hydrogen-bond donors (Lipinski definition) is 3. The van der Waals surface area contributed by atoms with Gasteiger partial charge in [-0.25, -0.2) is 4.79 Å². The first-order valence-electron chi connectivity index (χ1n) is 4.94. The number of halogens is 1. The van der Waals surface area contributed by atoms with Gasteiger partial charge in [-0.2, -0.15) is 0 Å². The van der Waals surface area contributed by atoms with Crippen molar-refractivity contribution in [3.8, 4) is 0 Å². The van der Waals surface area contributed by atoms with Gasteiger partial charge in [0.2, 0.25) is 0 Å². The first-order chi connectivity index (χ1) is 8.85. The van der Waals surface area contributed by atoms with E-state index in [2.05, 4.69) is 15.9 Å². The van der Waals surface area contributed by atoms with E-state index in [4.69, 9.17) is 10.2 Å². The fourth-order valence-corrected chi connectivity index (χ4v) is 1.72. The zero-order chi connectivity index (χ0) is 14.6. The number of nitrogens with zero attached hydrogens (tertiary/aromatic N) is 1. The van der Waals surface area contributed by atoms with E-state index in [9.17, 15) is 19.7 Å². The van der Waals surface area contributed by atoms with Gasteiger partial charge in [-0.15, -0.1) is 0 Å². The number of aliphatic hydroxyl groups is 1. The molecule has 1 aromatic carbocycles. The Labute approximate surface area is 115 Å². The van der Waals surface area contributed by atoms with E-state index in [1.165, 1.54) is 12.1 Å². The number of benzene rings is 1. The van der Waals surface area contributed by atoms with E-state index in [1.807, 2.05) is 5.32 Å². The molecule has 19 heavy (non-hydrogen) atoms. The Kier molecular flexibility index (Phi) is 4.95. The number of carboxylic acid groups (broad SMARTS) is 1. The van der Waals surface area contributed by atoms with Crippen molar-refractivity contribution in [2.75, 3.05) is 6.61 Å². The fourth-order valence-electron chi connectivity index (χ4n) is 1.24. The van der Waals surface area contributed by atoms with Gasteiger partial charge in [-0.3, -0.25) is 14.9 Å². The number of aliphatic hydroxyl groups excluding tert-OH is 1. The highest BCUT2D eigenvalue weighted by Crippen LogP contribution is 2.21. The monoisotopic (exact) mass is 332 g/mol. The van der Waals surface area contributed by atoms with E-state index in [0.29, 0.717) is 4.47 Å². The normalized spacial score (nSPS) is 11.7. The van der Waals surface area contributed by atoms with Crippen LogP contribution in [-0.4, -0.2) is 39.7 Å². The van der Waals surface area contributed by atoms with E-state index in [1.54, 1.807) is 0 Å². The summed E-state index contributed by atoms with van der Waals surface area (Å²) in [4.78, 5) is 32.3. The standard InChI is InChI=1S/C10H9BrN2O6/c11-6-1-5(2-7(3-6)13(18)19)9(15)12-8(4-14)10(16)17/h1-3,8,14H,4H2,(H,12,15)(H,16,17)/t8-/m1/s1. The third kappa shape index (κ3) is 4.00. The Morgan fingerprint density at radius 1 is 1.42 bits per heavy atom. The second-order valence-electron chi connectivity index (χ2n) is 3.50. The van der Waals surface area contributed by atoms with Gasteiger partial charge in [0, 0.05) is 22.2 Å². The first-order valence-corrected chi connectivity index (χ1v) is 5.74. The SMILES string of the molecule is O=C(N[C@H](CO)C(=O)O)c1cc(Br)cc([N+](=O)[O-])c1. The second-order valence-corrected chi connectivity index (χ2v) is 4.42. The van der Waals surface area contributed by atoms with Crippen molar-refractivity contribution in [2.24, 2.45) is 0 Å². The van der Waals surface area contributed by atoms with Crippen LogP contribution in [0.5, 0.6) is 0 Å². The number of nitrogens with one attached hydrogen (secondary N) is 1. The van der Waals surface area contributed by atoms with Crippen LogP contribution in [0.25, 0.3) is 0 Å². The highest BCUT2D eigenvalue weighted by Gasteiger charge is 2.21. The highest BCUT2D eigenvalue weighted by atomic mass is 79.9. The number of amides is 1. The summed E-state index contributed by atoms with van der Waals surface area (Å²) in [6.45, 7) is -0.781. The number of rotatable bonds is 5. The molecule has 0 unspecified atom stereocenters. The molecule has 8 nitrogen and oxygen atoms in total. The predicted octanol–water partition coefficient (Wildman–Crippen LogP) is 0.533. The molecule has 1 rings (SSSR count).